The highest BCUT2D eigenvalue weighted by molar-refractivity contribution is 9.11. The molecular weight excluding hydrogens is 1760 g/mol. The van der Waals surface area contributed by atoms with Gasteiger partial charge in [0, 0.05) is 115 Å². The molecule has 0 amide bonds. The van der Waals surface area contributed by atoms with E-state index in [-0.39, 0.29) is 27.5 Å². The molecule has 1 fully saturated rings. The summed E-state index contributed by atoms with van der Waals surface area (Å²) in [5, 5.41) is 38.4. The molecule has 1 N–H and O–H groups in total. The van der Waals surface area contributed by atoms with E-state index in [4.69, 9.17) is 9.31 Å². The average Bonchev–Trinajstić information content (AvgIpc) is 1.56. The lowest BCUT2D eigenvalue weighted by Crippen LogP contribution is -2.41. The van der Waals surface area contributed by atoms with Crippen molar-refractivity contribution in [1.29, 1.82) is 0 Å². The quantitative estimate of drug-likeness (QED) is 0.0592. The maximum absolute atomic E-state index is 11.7. The third-order valence-electron chi connectivity index (χ3n) is 24.4. The minimum atomic E-state index is -0.446. The standard InChI is InChI=1S/C24H24BNO2.C24H16N2O2.C24H16N2.C18H12BrN.C18H15P.C6H4BrNO2/c1-23(2)24(3,4)28-25(27-23)20-15-10-14-19-18-13-8-9-16-21(18)26(22(19)20)17-11-6-5-7-12-17;27-26(28)23-16-7-5-12-19(23)21-14-8-13-20-18-11-4-6-15-22(18)25(24(20)21)17-9-2-1-3-10-17;1-2-8-16(9-3-1)26-22-13-7-5-10-17(22)18-14-15-21-23(24(18)26)19-11-4-6-12-20(19)25-21;19-16-11-6-10-15-14-9-4-5-12-17(14)20(18(15)16)13-7-2-1-3-8-13;1-4-10-16(11-5-1)19(17-12-6-2-7-13-17)18-14-8-3-9-15-18;7-5-3-1-2-4-6(5)8(9)10/h5-16H,1-4H3;1-16H;1-15,25H;1-12H;1-15H;1-4H. The first-order valence-electron chi connectivity index (χ1n) is 43.4. The summed E-state index contributed by atoms with van der Waals surface area (Å²) < 4.78 is 23.7. The summed E-state index contributed by atoms with van der Waals surface area (Å²) in [5.41, 5.74) is 18.3. The van der Waals surface area contributed by atoms with E-state index in [0.717, 1.165) is 54.2 Å². The number of benzene rings is 18. The topological polar surface area (TPSA) is 140 Å². The van der Waals surface area contributed by atoms with Crippen LogP contribution in [0.2, 0.25) is 0 Å². The first-order chi connectivity index (χ1) is 64.1. The van der Waals surface area contributed by atoms with Gasteiger partial charge in [0.25, 0.3) is 11.4 Å². The SMILES string of the molecule is Brc1cccc2c3ccccc3n(-c3ccccc3)c12.CC1(C)OB(c2cccc3c4ccccc4n(-c4ccccc4)c23)OC1(C)C.O=[N+]([O-])c1ccccc1-c1cccc2c3ccccc3n(-c3ccccc3)c12.O=[N+]([O-])c1ccccc1Br.c1ccc(-n2c3ccccc3c3ccc4[nH]c5ccccc5c4c32)cc1.c1ccc(P(c2ccccc2)c2ccccc2)cc1. The molecule has 18 aromatic carbocycles. The number of aromatic nitrogens is 5. The van der Waals surface area contributed by atoms with E-state index in [1.54, 1.807) is 30.3 Å². The summed E-state index contributed by atoms with van der Waals surface area (Å²) in [4.78, 5) is 24.7. The van der Waals surface area contributed by atoms with Crippen molar-refractivity contribution >= 4 is 189 Å². The predicted octanol–water partition coefficient (Wildman–Crippen LogP) is 29.2. The zero-order chi connectivity index (χ0) is 89.7. The summed E-state index contributed by atoms with van der Waals surface area (Å²) in [5.74, 6) is 0. The Kier molecular flexibility index (Phi) is 24.5. The van der Waals surface area contributed by atoms with Crippen LogP contribution in [0, 0.1) is 20.2 Å². The molecule has 1 saturated heterocycles. The van der Waals surface area contributed by atoms with Crippen LogP contribution < -0.4 is 21.4 Å². The van der Waals surface area contributed by atoms with Crippen LogP contribution in [0.5, 0.6) is 0 Å². The molecule has 23 aromatic rings. The Morgan fingerprint density at radius 1 is 0.282 bits per heavy atom. The van der Waals surface area contributed by atoms with Gasteiger partial charge in [-0.05, 0) is 187 Å². The van der Waals surface area contributed by atoms with Gasteiger partial charge < -0.3 is 32.6 Å². The lowest BCUT2D eigenvalue weighted by Gasteiger charge is -2.32. The zero-order valence-electron chi connectivity index (χ0n) is 72.1. The maximum atomic E-state index is 11.7. The predicted molar refractivity (Wildman–Crippen MR) is 554 cm³/mol. The molecule has 17 heteroatoms. The summed E-state index contributed by atoms with van der Waals surface area (Å²) >= 11 is 6.76. The highest BCUT2D eigenvalue weighted by atomic mass is 79.9. The third kappa shape index (κ3) is 16.8. The maximum Gasteiger partial charge on any atom is 0.497 e. The Labute approximate surface area is 776 Å². The molecule has 131 heavy (non-hydrogen) atoms. The summed E-state index contributed by atoms with van der Waals surface area (Å²) in [7, 11) is -0.848. The van der Waals surface area contributed by atoms with Gasteiger partial charge in [-0.25, -0.2) is 0 Å². The molecule has 0 bridgehead atoms. The van der Waals surface area contributed by atoms with Crippen LogP contribution in [0.4, 0.5) is 11.4 Å². The lowest BCUT2D eigenvalue weighted by atomic mass is 9.77. The summed E-state index contributed by atoms with van der Waals surface area (Å²) in [6, 6.07) is 153. The Morgan fingerprint density at radius 3 is 1.04 bits per heavy atom. The molecule has 0 atom stereocenters. The highest BCUT2D eigenvalue weighted by Gasteiger charge is 2.52. The number of nitro benzene ring substituents is 2. The molecule has 0 saturated carbocycles. The molecular formula is C114H87BBr2N7O6P. The molecule has 1 aliphatic rings. The van der Waals surface area contributed by atoms with Crippen molar-refractivity contribution in [3.63, 3.8) is 0 Å². The second kappa shape index (κ2) is 37.4. The molecule has 636 valence electrons. The van der Waals surface area contributed by atoms with Gasteiger partial charge in [-0.1, -0.05) is 334 Å². The largest absolute Gasteiger partial charge is 0.497 e. The fraction of sp³-hybridized carbons (Fsp3) is 0.0526. The Bertz CT molecular complexity index is 7990. The van der Waals surface area contributed by atoms with Gasteiger partial charge in [0.1, 0.15) is 0 Å². The fourth-order valence-electron chi connectivity index (χ4n) is 17.8. The smallest absolute Gasteiger partial charge is 0.399 e. The fourth-order valence-corrected chi connectivity index (χ4v) is 21.1. The molecule has 0 unspecified atom stereocenters. The second-order valence-corrected chi connectivity index (χ2v) is 36.7. The van der Waals surface area contributed by atoms with Crippen molar-refractivity contribution in [3.05, 3.63) is 478 Å². The molecule has 13 nitrogen and oxygen atoms in total. The molecule has 0 aliphatic carbocycles. The number of rotatable bonds is 11. The number of hydrogen-bond acceptors (Lipinski definition) is 6. The van der Waals surface area contributed by atoms with Crippen molar-refractivity contribution in [2.24, 2.45) is 0 Å². The van der Waals surface area contributed by atoms with Gasteiger partial charge in [0.05, 0.1) is 75.2 Å². The van der Waals surface area contributed by atoms with Crippen LogP contribution in [0.15, 0.2) is 458 Å². The van der Waals surface area contributed by atoms with Crippen LogP contribution in [0.3, 0.4) is 0 Å². The van der Waals surface area contributed by atoms with E-state index in [2.05, 4.69) is 429 Å². The Morgan fingerprint density at radius 2 is 0.595 bits per heavy atom. The van der Waals surface area contributed by atoms with Gasteiger partial charge in [0.2, 0.25) is 0 Å². The van der Waals surface area contributed by atoms with E-state index < -0.39 is 20.0 Å². The van der Waals surface area contributed by atoms with Gasteiger partial charge in [-0.3, -0.25) is 20.2 Å². The van der Waals surface area contributed by atoms with Crippen molar-refractivity contribution < 1.29 is 19.2 Å². The molecule has 0 radical (unpaired) electrons. The van der Waals surface area contributed by atoms with Crippen molar-refractivity contribution in [3.8, 4) is 33.9 Å². The number of para-hydroxylation sites is 14. The second-order valence-electron chi connectivity index (χ2n) is 32.8. The summed E-state index contributed by atoms with van der Waals surface area (Å²) in [6.07, 6.45) is 0. The third-order valence-corrected chi connectivity index (χ3v) is 28.2. The van der Waals surface area contributed by atoms with Crippen LogP contribution in [-0.2, 0) is 9.31 Å². The number of nitrogens with zero attached hydrogens (tertiary/aromatic N) is 6. The van der Waals surface area contributed by atoms with E-state index in [0.29, 0.717) is 10.0 Å². The van der Waals surface area contributed by atoms with Gasteiger partial charge >= 0.3 is 7.12 Å². The number of nitro groups is 2. The van der Waals surface area contributed by atoms with Crippen molar-refractivity contribution in [2.75, 3.05) is 0 Å². The van der Waals surface area contributed by atoms with Crippen molar-refractivity contribution in [2.45, 2.75) is 38.9 Å². The van der Waals surface area contributed by atoms with Crippen LogP contribution in [-0.4, -0.2) is 51.4 Å². The lowest BCUT2D eigenvalue weighted by molar-refractivity contribution is -0.385. The average molecular weight is 1850 g/mol. The Hall–Kier alpha value is -14.9. The number of aromatic amines is 1. The van der Waals surface area contributed by atoms with Gasteiger partial charge in [0.15, 0.2) is 0 Å². The molecule has 1 aliphatic heterocycles. The first-order valence-corrected chi connectivity index (χ1v) is 46.3. The van der Waals surface area contributed by atoms with Gasteiger partial charge in [-0.2, -0.15) is 0 Å². The minimum absolute atomic E-state index is 0.0995. The van der Waals surface area contributed by atoms with Gasteiger partial charge in [-0.15, -0.1) is 0 Å². The molecule has 6 heterocycles. The Balaban J connectivity index is 0.000000104. The number of halogens is 2. The monoisotopic (exact) mass is 1850 g/mol. The van der Waals surface area contributed by atoms with Crippen LogP contribution in [0.25, 0.3) is 143 Å². The molecule has 24 rings (SSSR count). The molecule has 5 aromatic heterocycles. The summed E-state index contributed by atoms with van der Waals surface area (Å²) in [6.45, 7) is 8.39. The van der Waals surface area contributed by atoms with E-state index >= 15 is 0 Å². The highest BCUT2D eigenvalue weighted by Crippen LogP contribution is 2.45. The number of hydrogen-bond donors (Lipinski definition) is 1. The normalized spacial score (nSPS) is 12.6. The molecule has 0 spiro atoms. The number of fused-ring (bicyclic) bond motifs is 16. The van der Waals surface area contributed by atoms with E-state index in [1.807, 2.05) is 66.7 Å². The zero-order valence-corrected chi connectivity index (χ0v) is 76.2. The van der Waals surface area contributed by atoms with E-state index in [9.17, 15) is 20.2 Å². The van der Waals surface area contributed by atoms with Crippen LogP contribution >= 0.6 is 39.8 Å². The number of nitrogens with one attached hydrogen (secondary N) is 1. The van der Waals surface area contributed by atoms with Crippen LogP contribution in [0.1, 0.15) is 27.7 Å². The van der Waals surface area contributed by atoms with Crippen molar-refractivity contribution in [1.82, 2.24) is 23.3 Å². The van der Waals surface area contributed by atoms with E-state index in [1.165, 1.54) is 115 Å². The minimum Gasteiger partial charge on any atom is -0.399 e. The number of H-pyrrole nitrogens is 1. The first kappa shape index (κ1) is 85.6.